The fourth-order valence-corrected chi connectivity index (χ4v) is 2.46. The Labute approximate surface area is 120 Å². The lowest BCUT2D eigenvalue weighted by Crippen LogP contribution is -2.54. The summed E-state index contributed by atoms with van der Waals surface area (Å²) in [6, 6.07) is -0.617. The minimum atomic E-state index is -0.589. The highest BCUT2D eigenvalue weighted by Crippen LogP contribution is 2.28. The summed E-state index contributed by atoms with van der Waals surface area (Å²) in [4.78, 5) is 25.8. The summed E-state index contributed by atoms with van der Waals surface area (Å²) in [6.07, 6.45) is 4.30. The number of carbonyl (C=O) groups is 2. The van der Waals surface area contributed by atoms with Crippen LogP contribution in [0.1, 0.15) is 46.5 Å². The minimum absolute atomic E-state index is 0.0554. The van der Waals surface area contributed by atoms with Gasteiger partial charge in [-0.3, -0.25) is 4.90 Å². The fourth-order valence-electron chi connectivity index (χ4n) is 2.46. The molecule has 5 heteroatoms. The molecule has 0 N–H and O–H groups in total. The van der Waals surface area contributed by atoms with E-state index >= 15 is 0 Å². The molecule has 0 aliphatic carbocycles. The number of carbonyl (C=O) groups excluding carboxylic acids is 2. The van der Waals surface area contributed by atoms with Gasteiger partial charge in [-0.2, -0.15) is 0 Å². The van der Waals surface area contributed by atoms with Crippen LogP contribution in [0.15, 0.2) is 12.7 Å². The number of likely N-dealkylation sites (tertiary alicyclic amines) is 1. The van der Waals surface area contributed by atoms with Crippen LogP contribution in [0.5, 0.6) is 0 Å². The molecule has 0 saturated carbocycles. The quantitative estimate of drug-likeness (QED) is 0.590. The first kappa shape index (κ1) is 16.5. The molecule has 114 valence electrons. The Hall–Kier alpha value is -1.52. The molecule has 0 bridgehead atoms. The molecule has 1 aliphatic rings. The highest BCUT2D eigenvalue weighted by molar-refractivity contribution is 5.82. The van der Waals surface area contributed by atoms with Gasteiger partial charge in [0, 0.05) is 6.04 Å². The topological polar surface area (TPSA) is 55.8 Å². The van der Waals surface area contributed by atoms with Crippen molar-refractivity contribution < 1.29 is 19.1 Å². The van der Waals surface area contributed by atoms with Crippen molar-refractivity contribution in [2.75, 3.05) is 7.11 Å². The van der Waals surface area contributed by atoms with E-state index in [1.165, 1.54) is 12.0 Å². The van der Waals surface area contributed by atoms with Crippen LogP contribution in [0, 0.1) is 0 Å². The number of rotatable bonds is 3. The molecule has 2 atom stereocenters. The number of piperidine rings is 1. The van der Waals surface area contributed by atoms with Crippen LogP contribution in [-0.2, 0) is 14.3 Å². The molecule has 1 saturated heterocycles. The normalized spacial score (nSPS) is 23.1. The third kappa shape index (κ3) is 4.25. The van der Waals surface area contributed by atoms with Crippen LogP contribution in [0.25, 0.3) is 0 Å². The minimum Gasteiger partial charge on any atom is -0.467 e. The van der Waals surface area contributed by atoms with Crippen molar-refractivity contribution in [3.05, 3.63) is 12.7 Å². The smallest absolute Gasteiger partial charge is 0.411 e. The molecule has 0 aromatic rings. The Balaban J connectivity index is 2.96. The molecule has 0 aromatic heterocycles. The molecule has 0 radical (unpaired) electrons. The van der Waals surface area contributed by atoms with Crippen LogP contribution in [0.2, 0.25) is 0 Å². The summed E-state index contributed by atoms with van der Waals surface area (Å²) < 4.78 is 10.2. The van der Waals surface area contributed by atoms with Gasteiger partial charge < -0.3 is 9.47 Å². The Morgan fingerprint density at radius 2 is 2.00 bits per heavy atom. The molecule has 0 unspecified atom stereocenters. The number of amides is 1. The first-order valence-corrected chi connectivity index (χ1v) is 7.00. The Morgan fingerprint density at radius 1 is 1.35 bits per heavy atom. The van der Waals surface area contributed by atoms with Gasteiger partial charge in [0.1, 0.15) is 11.6 Å². The molecule has 1 heterocycles. The second-order valence-electron chi connectivity index (χ2n) is 6.04. The van der Waals surface area contributed by atoms with E-state index in [0.717, 1.165) is 12.8 Å². The summed E-state index contributed by atoms with van der Waals surface area (Å²) in [6.45, 7) is 9.15. The van der Waals surface area contributed by atoms with E-state index in [1.807, 2.05) is 20.8 Å². The number of ether oxygens (including phenoxy) is 2. The second kappa shape index (κ2) is 6.77. The van der Waals surface area contributed by atoms with E-state index < -0.39 is 17.7 Å². The maximum atomic E-state index is 12.4. The van der Waals surface area contributed by atoms with E-state index in [1.54, 1.807) is 6.08 Å². The van der Waals surface area contributed by atoms with Gasteiger partial charge in [0.15, 0.2) is 0 Å². The highest BCUT2D eigenvalue weighted by atomic mass is 16.6. The van der Waals surface area contributed by atoms with Crippen LogP contribution in [0.3, 0.4) is 0 Å². The number of hydrogen-bond donors (Lipinski definition) is 0. The molecule has 1 aliphatic heterocycles. The van der Waals surface area contributed by atoms with Gasteiger partial charge in [0.2, 0.25) is 0 Å². The number of nitrogens with zero attached hydrogens (tertiary/aromatic N) is 1. The number of esters is 1. The maximum Gasteiger partial charge on any atom is 0.411 e. The fraction of sp³-hybridized carbons (Fsp3) is 0.733. The third-order valence-corrected chi connectivity index (χ3v) is 3.26. The van der Waals surface area contributed by atoms with Crippen LogP contribution in [0.4, 0.5) is 4.79 Å². The lowest BCUT2D eigenvalue weighted by molar-refractivity contribution is -0.149. The number of methoxy groups -OCH3 is 1. The Kier molecular flexibility index (Phi) is 5.60. The van der Waals surface area contributed by atoms with Gasteiger partial charge in [-0.05, 0) is 46.5 Å². The average Bonchev–Trinajstić information content (AvgIpc) is 2.35. The van der Waals surface area contributed by atoms with Crippen molar-refractivity contribution in [1.82, 2.24) is 4.90 Å². The highest BCUT2D eigenvalue weighted by Gasteiger charge is 2.40. The van der Waals surface area contributed by atoms with Crippen molar-refractivity contribution in [1.29, 1.82) is 0 Å². The molecule has 0 spiro atoms. The maximum absolute atomic E-state index is 12.4. The molecular weight excluding hydrogens is 258 g/mol. The molecule has 1 fully saturated rings. The van der Waals surface area contributed by atoms with Crippen LogP contribution >= 0.6 is 0 Å². The Morgan fingerprint density at radius 3 is 2.50 bits per heavy atom. The van der Waals surface area contributed by atoms with Gasteiger partial charge in [-0.25, -0.2) is 9.59 Å². The summed E-state index contributed by atoms with van der Waals surface area (Å²) in [7, 11) is 1.34. The molecule has 0 aromatic carbocycles. The van der Waals surface area contributed by atoms with E-state index in [0.29, 0.717) is 12.8 Å². The lowest BCUT2D eigenvalue weighted by Gasteiger charge is -2.40. The predicted octanol–water partition coefficient (Wildman–Crippen LogP) is 2.89. The molecule has 20 heavy (non-hydrogen) atoms. The predicted molar refractivity (Wildman–Crippen MR) is 76.3 cm³/mol. The van der Waals surface area contributed by atoms with E-state index in [9.17, 15) is 9.59 Å². The van der Waals surface area contributed by atoms with Gasteiger partial charge in [-0.15, -0.1) is 6.58 Å². The van der Waals surface area contributed by atoms with Gasteiger partial charge in [-0.1, -0.05) is 6.08 Å². The van der Waals surface area contributed by atoms with Crippen molar-refractivity contribution in [2.45, 2.75) is 64.1 Å². The number of hydrogen-bond acceptors (Lipinski definition) is 4. The van der Waals surface area contributed by atoms with Gasteiger partial charge in [0.25, 0.3) is 0 Å². The average molecular weight is 283 g/mol. The van der Waals surface area contributed by atoms with Crippen molar-refractivity contribution >= 4 is 12.1 Å². The van der Waals surface area contributed by atoms with Gasteiger partial charge in [0.05, 0.1) is 7.11 Å². The summed E-state index contributed by atoms with van der Waals surface area (Å²) in [5, 5.41) is 0. The van der Waals surface area contributed by atoms with Crippen molar-refractivity contribution in [3.63, 3.8) is 0 Å². The molecular formula is C15H25NO4. The van der Waals surface area contributed by atoms with E-state index in [-0.39, 0.29) is 12.0 Å². The summed E-state index contributed by atoms with van der Waals surface area (Å²) >= 11 is 0. The van der Waals surface area contributed by atoms with Crippen LogP contribution in [-0.4, -0.2) is 41.8 Å². The molecule has 5 nitrogen and oxygen atoms in total. The van der Waals surface area contributed by atoms with E-state index in [4.69, 9.17) is 9.47 Å². The van der Waals surface area contributed by atoms with Gasteiger partial charge >= 0.3 is 12.1 Å². The second-order valence-corrected chi connectivity index (χ2v) is 6.04. The van der Waals surface area contributed by atoms with E-state index in [2.05, 4.69) is 6.58 Å². The third-order valence-electron chi connectivity index (χ3n) is 3.26. The lowest BCUT2D eigenvalue weighted by atomic mass is 9.94. The van der Waals surface area contributed by atoms with Crippen molar-refractivity contribution in [2.24, 2.45) is 0 Å². The SMILES string of the molecule is C=CC[C@H]1CCC[C@@H](C(=O)OC)N1C(=O)OC(C)(C)C. The largest absolute Gasteiger partial charge is 0.467 e. The molecule has 1 amide bonds. The van der Waals surface area contributed by atoms with Crippen LogP contribution < -0.4 is 0 Å². The monoisotopic (exact) mass is 283 g/mol. The first-order chi connectivity index (χ1) is 9.30. The zero-order valence-corrected chi connectivity index (χ0v) is 12.8. The van der Waals surface area contributed by atoms with Crippen molar-refractivity contribution in [3.8, 4) is 0 Å². The molecule has 1 rings (SSSR count). The summed E-state index contributed by atoms with van der Waals surface area (Å²) in [5.74, 6) is -0.385. The summed E-state index contributed by atoms with van der Waals surface area (Å²) in [5.41, 5.74) is -0.589. The Bertz CT molecular complexity index is 373. The zero-order chi connectivity index (χ0) is 15.3. The standard InChI is InChI=1S/C15H25NO4/c1-6-8-11-9-7-10-12(13(17)19-5)16(11)14(18)20-15(2,3)4/h6,11-12H,1,7-10H2,2-5H3/t11-,12-/m0/s1. The zero-order valence-electron chi connectivity index (χ0n) is 12.8. The first-order valence-electron chi connectivity index (χ1n) is 7.00.